The van der Waals surface area contributed by atoms with Crippen LogP contribution in [0.2, 0.25) is 0 Å². The van der Waals surface area contributed by atoms with E-state index in [1.54, 1.807) is 6.20 Å². The lowest BCUT2D eigenvalue weighted by Crippen LogP contribution is -2.32. The zero-order valence-corrected chi connectivity index (χ0v) is 13.1. The van der Waals surface area contributed by atoms with Crippen LogP contribution >= 0.6 is 0 Å². The molecule has 0 saturated carbocycles. The molecule has 114 valence electrons. The van der Waals surface area contributed by atoms with E-state index in [1.807, 2.05) is 51.2 Å². The van der Waals surface area contributed by atoms with Crippen molar-refractivity contribution in [1.82, 2.24) is 10.3 Å². The van der Waals surface area contributed by atoms with E-state index >= 15 is 0 Å². The summed E-state index contributed by atoms with van der Waals surface area (Å²) in [5, 5.41) is 4.85. The van der Waals surface area contributed by atoms with Gasteiger partial charge in [0.15, 0.2) is 0 Å². The van der Waals surface area contributed by atoms with Crippen LogP contribution in [0, 0.1) is 11.8 Å². The van der Waals surface area contributed by atoms with Crippen LogP contribution in [0.25, 0.3) is 10.8 Å². The Hall–Kier alpha value is -2.54. The molecule has 0 fully saturated rings. The summed E-state index contributed by atoms with van der Waals surface area (Å²) < 4.78 is 5.16. The van der Waals surface area contributed by atoms with Gasteiger partial charge in [0.2, 0.25) is 0 Å². The summed E-state index contributed by atoms with van der Waals surface area (Å²) in [4.78, 5) is 15.6. The van der Waals surface area contributed by atoms with Crippen LogP contribution in [0.15, 0.2) is 36.7 Å². The van der Waals surface area contributed by atoms with Crippen LogP contribution in [0.3, 0.4) is 0 Å². The fourth-order valence-electron chi connectivity index (χ4n) is 1.93. The molecular weight excluding hydrogens is 276 g/mol. The van der Waals surface area contributed by atoms with Gasteiger partial charge in [0.1, 0.15) is 5.60 Å². The zero-order valence-electron chi connectivity index (χ0n) is 13.1. The Bertz CT molecular complexity index is 716. The van der Waals surface area contributed by atoms with Crippen LogP contribution in [-0.4, -0.2) is 23.2 Å². The molecule has 0 radical (unpaired) electrons. The average molecular weight is 296 g/mol. The third kappa shape index (κ3) is 4.78. The third-order valence-electron chi connectivity index (χ3n) is 2.82. The van der Waals surface area contributed by atoms with Crippen molar-refractivity contribution in [2.75, 3.05) is 6.54 Å². The molecule has 1 heterocycles. The summed E-state index contributed by atoms with van der Waals surface area (Å²) >= 11 is 0. The van der Waals surface area contributed by atoms with Crippen molar-refractivity contribution in [3.8, 4) is 11.8 Å². The van der Waals surface area contributed by atoms with Crippen molar-refractivity contribution >= 4 is 16.9 Å². The lowest BCUT2D eigenvalue weighted by molar-refractivity contribution is 0.0529. The Labute approximate surface area is 130 Å². The minimum absolute atomic E-state index is 0.412. The Morgan fingerprint density at radius 3 is 2.91 bits per heavy atom. The van der Waals surface area contributed by atoms with Gasteiger partial charge in [-0.1, -0.05) is 24.0 Å². The molecule has 0 aliphatic rings. The van der Waals surface area contributed by atoms with Gasteiger partial charge in [-0.15, -0.1) is 0 Å². The van der Waals surface area contributed by atoms with E-state index < -0.39 is 11.7 Å². The van der Waals surface area contributed by atoms with E-state index in [9.17, 15) is 4.79 Å². The van der Waals surface area contributed by atoms with E-state index in [0.717, 1.165) is 16.3 Å². The highest BCUT2D eigenvalue weighted by atomic mass is 16.6. The molecule has 22 heavy (non-hydrogen) atoms. The minimum atomic E-state index is -0.479. The molecule has 4 nitrogen and oxygen atoms in total. The second-order valence-electron chi connectivity index (χ2n) is 5.88. The first-order valence-corrected chi connectivity index (χ1v) is 7.24. The van der Waals surface area contributed by atoms with Gasteiger partial charge in [0.25, 0.3) is 0 Å². The number of amides is 1. The number of pyridine rings is 1. The second-order valence-corrected chi connectivity index (χ2v) is 5.88. The van der Waals surface area contributed by atoms with Crippen LogP contribution < -0.4 is 5.32 Å². The Kier molecular flexibility index (Phi) is 5.00. The fourth-order valence-corrected chi connectivity index (χ4v) is 1.93. The Balaban J connectivity index is 1.90. The number of ether oxygens (including phenoxy) is 1. The summed E-state index contributed by atoms with van der Waals surface area (Å²) in [6.07, 6.45) is 3.74. The van der Waals surface area contributed by atoms with E-state index in [-0.39, 0.29) is 0 Å². The van der Waals surface area contributed by atoms with Crippen molar-refractivity contribution in [2.24, 2.45) is 0 Å². The van der Waals surface area contributed by atoms with Gasteiger partial charge in [0.05, 0.1) is 0 Å². The molecule has 0 aliphatic carbocycles. The lowest BCUT2D eigenvalue weighted by Gasteiger charge is -2.19. The van der Waals surface area contributed by atoms with Gasteiger partial charge in [-0.05, 0) is 32.9 Å². The summed E-state index contributed by atoms with van der Waals surface area (Å²) in [6.45, 7) is 5.97. The highest BCUT2D eigenvalue weighted by Crippen LogP contribution is 2.16. The maximum atomic E-state index is 11.5. The Morgan fingerprint density at radius 1 is 1.32 bits per heavy atom. The maximum Gasteiger partial charge on any atom is 0.407 e. The summed E-state index contributed by atoms with van der Waals surface area (Å²) in [5.74, 6) is 6.21. The third-order valence-corrected chi connectivity index (χ3v) is 2.82. The summed E-state index contributed by atoms with van der Waals surface area (Å²) in [6, 6.07) is 7.92. The molecule has 1 N–H and O–H groups in total. The van der Waals surface area contributed by atoms with E-state index in [2.05, 4.69) is 22.1 Å². The van der Waals surface area contributed by atoms with Crippen LogP contribution in [0.4, 0.5) is 4.79 Å². The number of fused-ring (bicyclic) bond motifs is 1. The van der Waals surface area contributed by atoms with Crippen LogP contribution in [0.1, 0.15) is 32.8 Å². The summed E-state index contributed by atoms with van der Waals surface area (Å²) in [7, 11) is 0. The predicted octanol–water partition coefficient (Wildman–Crippen LogP) is 3.50. The van der Waals surface area contributed by atoms with Gasteiger partial charge < -0.3 is 10.1 Å². The van der Waals surface area contributed by atoms with Gasteiger partial charge in [-0.25, -0.2) is 4.79 Å². The lowest BCUT2D eigenvalue weighted by atomic mass is 10.1. The minimum Gasteiger partial charge on any atom is -0.444 e. The second kappa shape index (κ2) is 6.95. The molecule has 1 aromatic heterocycles. The number of carbonyl (C=O) groups is 1. The number of hydrogen-bond donors (Lipinski definition) is 1. The highest BCUT2D eigenvalue weighted by molar-refractivity contribution is 5.87. The van der Waals surface area contributed by atoms with Crippen LogP contribution in [-0.2, 0) is 4.74 Å². The normalized spacial score (nSPS) is 10.7. The smallest absolute Gasteiger partial charge is 0.407 e. The highest BCUT2D eigenvalue weighted by Gasteiger charge is 2.15. The first-order chi connectivity index (χ1) is 10.5. The first kappa shape index (κ1) is 15.8. The largest absolute Gasteiger partial charge is 0.444 e. The Morgan fingerprint density at radius 2 is 2.14 bits per heavy atom. The number of nitrogens with one attached hydrogen (secondary N) is 1. The number of alkyl carbamates (subject to hydrolysis) is 1. The van der Waals surface area contributed by atoms with Crippen molar-refractivity contribution in [3.05, 3.63) is 42.2 Å². The van der Waals surface area contributed by atoms with Gasteiger partial charge in [0, 0.05) is 41.7 Å². The quantitative estimate of drug-likeness (QED) is 0.681. The van der Waals surface area contributed by atoms with Crippen molar-refractivity contribution in [3.63, 3.8) is 0 Å². The fraction of sp³-hybridized carbons (Fsp3) is 0.333. The molecule has 0 aliphatic heterocycles. The summed E-state index contributed by atoms with van der Waals surface area (Å²) in [5.41, 5.74) is 0.490. The molecule has 4 heteroatoms. The number of aromatic nitrogens is 1. The van der Waals surface area contributed by atoms with Gasteiger partial charge in [-0.3, -0.25) is 4.98 Å². The molecule has 0 unspecified atom stereocenters. The van der Waals surface area contributed by atoms with Gasteiger partial charge >= 0.3 is 6.09 Å². The zero-order chi connectivity index (χ0) is 16.0. The van der Waals surface area contributed by atoms with E-state index in [4.69, 9.17) is 4.74 Å². The first-order valence-electron chi connectivity index (χ1n) is 7.24. The topological polar surface area (TPSA) is 51.2 Å². The molecule has 0 bridgehead atoms. The number of nitrogens with zero attached hydrogens (tertiary/aromatic N) is 1. The molecular formula is C18H20N2O2. The van der Waals surface area contributed by atoms with Crippen molar-refractivity contribution < 1.29 is 9.53 Å². The molecule has 1 amide bonds. The van der Waals surface area contributed by atoms with Crippen LogP contribution in [0.5, 0.6) is 0 Å². The molecule has 0 spiro atoms. The maximum absolute atomic E-state index is 11.5. The monoisotopic (exact) mass is 296 g/mol. The van der Waals surface area contributed by atoms with E-state index in [0.29, 0.717) is 13.0 Å². The number of benzene rings is 1. The molecule has 2 rings (SSSR count). The van der Waals surface area contributed by atoms with Crippen molar-refractivity contribution in [2.45, 2.75) is 32.8 Å². The molecule has 1 aromatic carbocycles. The molecule has 2 aromatic rings. The average Bonchev–Trinajstić information content (AvgIpc) is 2.45. The van der Waals surface area contributed by atoms with Gasteiger partial charge in [-0.2, -0.15) is 0 Å². The van der Waals surface area contributed by atoms with Crippen molar-refractivity contribution in [1.29, 1.82) is 0 Å². The standard InChI is InChI=1S/C18H20N2O2/c1-18(2,3)22-17(21)20-11-5-4-7-14-8-6-9-15-13-19-12-10-16(14)15/h6,8-10,12-13H,5,11H2,1-3H3,(H,20,21). The molecule has 0 atom stereocenters. The predicted molar refractivity (Wildman–Crippen MR) is 87.5 cm³/mol. The number of rotatable bonds is 2. The SMILES string of the molecule is CC(C)(C)OC(=O)NCCC#Cc1cccc2cnccc12. The number of hydrogen-bond acceptors (Lipinski definition) is 3. The molecule has 0 saturated heterocycles. The number of carbonyl (C=O) groups excluding carboxylic acids is 1. The van der Waals surface area contributed by atoms with E-state index in [1.165, 1.54) is 0 Å².